The van der Waals surface area contributed by atoms with Gasteiger partial charge in [0.25, 0.3) is 5.91 Å². The van der Waals surface area contributed by atoms with Gasteiger partial charge in [-0.1, -0.05) is 35.4 Å². The Morgan fingerprint density at radius 3 is 2.42 bits per heavy atom. The Morgan fingerprint density at radius 1 is 0.972 bits per heavy atom. The maximum Gasteiger partial charge on any atom is 0.261 e. The van der Waals surface area contributed by atoms with Gasteiger partial charge in [-0.25, -0.2) is 0 Å². The molecule has 6 nitrogen and oxygen atoms in total. The zero-order valence-corrected chi connectivity index (χ0v) is 21.5. The quantitative estimate of drug-likeness (QED) is 0.488. The number of aryl methyl sites for hydroxylation is 1. The fourth-order valence-corrected chi connectivity index (χ4v) is 6.14. The Hall–Kier alpha value is -3.51. The molecule has 1 spiro atoms. The standard InChI is InChI=1S/C29H29ClN4O2/c1-19-4-8-24(9-5-19)34-28(35)29(20(2)31-34)17-21-6-7-22(30)16-26(21)33-15-14-32(18-27(29)33)23-10-12-25(36-3)13-11-23/h4-13,16,27H,14-15,17-18H2,1-3H3/t27-,29+/m1/s1. The van der Waals surface area contributed by atoms with Crippen molar-refractivity contribution in [2.75, 3.05) is 41.6 Å². The van der Waals surface area contributed by atoms with Crippen molar-refractivity contribution in [1.82, 2.24) is 0 Å². The predicted octanol–water partition coefficient (Wildman–Crippen LogP) is 5.32. The van der Waals surface area contributed by atoms with E-state index < -0.39 is 5.41 Å². The SMILES string of the molecule is COc1ccc(N2CCN3c4cc(Cl)ccc4C[C@@]4(C(=O)N(c5ccc(C)cc5)N=C4C)[C@H]3C2)cc1. The summed E-state index contributed by atoms with van der Waals surface area (Å²) in [5.74, 6) is 0.869. The van der Waals surface area contributed by atoms with Gasteiger partial charge in [0.05, 0.1) is 24.6 Å². The van der Waals surface area contributed by atoms with Crippen LogP contribution >= 0.6 is 11.6 Å². The number of rotatable bonds is 3. The molecule has 184 valence electrons. The van der Waals surface area contributed by atoms with E-state index in [2.05, 4.69) is 28.0 Å². The van der Waals surface area contributed by atoms with Crippen molar-refractivity contribution in [1.29, 1.82) is 0 Å². The molecular weight excluding hydrogens is 472 g/mol. The molecule has 3 heterocycles. The highest BCUT2D eigenvalue weighted by Crippen LogP contribution is 2.49. The number of amides is 1. The van der Waals surface area contributed by atoms with Crippen LogP contribution in [-0.2, 0) is 11.2 Å². The van der Waals surface area contributed by atoms with Crippen LogP contribution in [0.3, 0.4) is 0 Å². The summed E-state index contributed by atoms with van der Waals surface area (Å²) in [4.78, 5) is 19.1. The molecule has 3 aromatic carbocycles. The fourth-order valence-electron chi connectivity index (χ4n) is 5.97. The second kappa shape index (κ2) is 8.56. The third kappa shape index (κ3) is 3.46. The largest absolute Gasteiger partial charge is 0.497 e. The fraction of sp³-hybridized carbons (Fsp3) is 0.310. The number of hydrogen-bond donors (Lipinski definition) is 0. The number of halogens is 1. The van der Waals surface area contributed by atoms with Crippen molar-refractivity contribution in [3.63, 3.8) is 0 Å². The van der Waals surface area contributed by atoms with Crippen LogP contribution in [0.2, 0.25) is 5.02 Å². The van der Waals surface area contributed by atoms with Gasteiger partial charge in [-0.2, -0.15) is 10.1 Å². The van der Waals surface area contributed by atoms with E-state index in [0.717, 1.165) is 52.7 Å². The summed E-state index contributed by atoms with van der Waals surface area (Å²) < 4.78 is 5.35. The van der Waals surface area contributed by atoms with Crippen LogP contribution in [-0.4, -0.2) is 44.4 Å². The topological polar surface area (TPSA) is 48.4 Å². The highest BCUT2D eigenvalue weighted by Gasteiger charge is 2.60. The molecular formula is C29H29ClN4O2. The summed E-state index contributed by atoms with van der Waals surface area (Å²) in [6.45, 7) is 6.40. The first-order valence-electron chi connectivity index (χ1n) is 12.3. The third-order valence-corrected chi connectivity index (χ3v) is 8.20. The Morgan fingerprint density at radius 2 is 1.69 bits per heavy atom. The molecule has 3 aromatic rings. The van der Waals surface area contributed by atoms with E-state index >= 15 is 0 Å². The molecule has 0 aromatic heterocycles. The normalized spacial score (nSPS) is 23.0. The number of ether oxygens (including phenoxy) is 1. The van der Waals surface area contributed by atoms with Crippen LogP contribution in [0.1, 0.15) is 18.1 Å². The Bertz CT molecular complexity index is 1350. The van der Waals surface area contributed by atoms with E-state index in [1.807, 2.05) is 62.4 Å². The van der Waals surface area contributed by atoms with Crippen LogP contribution in [0.15, 0.2) is 71.8 Å². The van der Waals surface area contributed by atoms with E-state index in [9.17, 15) is 4.79 Å². The molecule has 3 aliphatic rings. The Kier molecular flexibility index (Phi) is 5.45. The minimum Gasteiger partial charge on any atom is -0.497 e. The summed E-state index contributed by atoms with van der Waals surface area (Å²) >= 11 is 6.44. The molecule has 0 N–H and O–H groups in total. The van der Waals surface area contributed by atoms with Gasteiger partial charge < -0.3 is 14.5 Å². The van der Waals surface area contributed by atoms with Crippen molar-refractivity contribution < 1.29 is 9.53 Å². The highest BCUT2D eigenvalue weighted by atomic mass is 35.5. The lowest BCUT2D eigenvalue weighted by molar-refractivity contribution is -0.125. The molecule has 1 saturated heterocycles. The molecule has 1 amide bonds. The predicted molar refractivity (Wildman–Crippen MR) is 146 cm³/mol. The Labute approximate surface area is 216 Å². The number of benzene rings is 3. The van der Waals surface area contributed by atoms with Crippen molar-refractivity contribution in [2.24, 2.45) is 10.5 Å². The second-order valence-electron chi connectivity index (χ2n) is 9.91. The van der Waals surface area contributed by atoms with E-state index in [0.29, 0.717) is 18.0 Å². The smallest absolute Gasteiger partial charge is 0.261 e. The number of fused-ring (bicyclic) bond motifs is 4. The number of hydrazone groups is 1. The van der Waals surface area contributed by atoms with Crippen molar-refractivity contribution >= 4 is 40.3 Å². The van der Waals surface area contributed by atoms with Gasteiger partial charge >= 0.3 is 0 Å². The number of carbonyl (C=O) groups excluding carboxylic acids is 1. The van der Waals surface area contributed by atoms with E-state index in [1.165, 1.54) is 0 Å². The number of methoxy groups -OCH3 is 1. The van der Waals surface area contributed by atoms with E-state index in [-0.39, 0.29) is 11.9 Å². The molecule has 7 heteroatoms. The van der Waals surface area contributed by atoms with Gasteiger partial charge in [-0.15, -0.1) is 0 Å². The van der Waals surface area contributed by atoms with Gasteiger partial charge in [0.1, 0.15) is 11.2 Å². The molecule has 1 fully saturated rings. The van der Waals surface area contributed by atoms with Gasteiger partial charge in [0, 0.05) is 36.0 Å². The number of carbonyl (C=O) groups is 1. The number of hydrogen-bond acceptors (Lipinski definition) is 5. The van der Waals surface area contributed by atoms with Gasteiger partial charge in [-0.05, 0) is 74.4 Å². The highest BCUT2D eigenvalue weighted by molar-refractivity contribution is 6.31. The summed E-state index contributed by atoms with van der Waals surface area (Å²) in [5.41, 5.74) is 5.45. The monoisotopic (exact) mass is 500 g/mol. The molecule has 0 aliphatic carbocycles. The molecule has 0 unspecified atom stereocenters. The summed E-state index contributed by atoms with van der Waals surface area (Å²) in [5, 5.41) is 7.19. The van der Waals surface area contributed by atoms with Gasteiger partial charge in [0.15, 0.2) is 0 Å². The maximum atomic E-state index is 14.4. The summed E-state index contributed by atoms with van der Waals surface area (Å²) in [7, 11) is 1.68. The third-order valence-electron chi connectivity index (χ3n) is 7.96. The lowest BCUT2D eigenvalue weighted by Gasteiger charge is -2.53. The molecule has 6 rings (SSSR count). The zero-order valence-electron chi connectivity index (χ0n) is 20.7. The number of anilines is 3. The summed E-state index contributed by atoms with van der Waals surface area (Å²) in [6.07, 6.45) is 0.605. The first kappa shape index (κ1) is 22.9. The minimum atomic E-state index is -0.753. The van der Waals surface area contributed by atoms with Crippen LogP contribution in [0.25, 0.3) is 0 Å². The Balaban J connectivity index is 1.43. The average Bonchev–Trinajstić information content (AvgIpc) is 3.15. The van der Waals surface area contributed by atoms with Crippen molar-refractivity contribution in [3.05, 3.63) is 82.9 Å². The van der Waals surface area contributed by atoms with Gasteiger partial charge in [0.2, 0.25) is 0 Å². The lowest BCUT2D eigenvalue weighted by atomic mass is 9.67. The lowest BCUT2D eigenvalue weighted by Crippen LogP contribution is -2.67. The average molecular weight is 501 g/mol. The second-order valence-corrected chi connectivity index (χ2v) is 10.3. The van der Waals surface area contributed by atoms with E-state index in [4.69, 9.17) is 21.4 Å². The molecule has 0 radical (unpaired) electrons. The van der Waals surface area contributed by atoms with Gasteiger partial charge in [-0.3, -0.25) is 4.79 Å². The van der Waals surface area contributed by atoms with Crippen LogP contribution < -0.4 is 19.5 Å². The number of nitrogens with zero attached hydrogens (tertiary/aromatic N) is 4. The van der Waals surface area contributed by atoms with Crippen LogP contribution in [0.5, 0.6) is 5.75 Å². The first-order chi connectivity index (χ1) is 17.4. The van der Waals surface area contributed by atoms with Crippen LogP contribution in [0.4, 0.5) is 17.1 Å². The minimum absolute atomic E-state index is 0.0380. The number of piperazine rings is 1. The van der Waals surface area contributed by atoms with E-state index in [1.54, 1.807) is 12.1 Å². The van der Waals surface area contributed by atoms with Crippen LogP contribution in [0, 0.1) is 12.3 Å². The molecule has 3 aliphatic heterocycles. The molecule has 2 atom stereocenters. The maximum absolute atomic E-state index is 14.4. The molecule has 0 saturated carbocycles. The molecule has 0 bridgehead atoms. The van der Waals surface area contributed by atoms with Crippen molar-refractivity contribution in [3.8, 4) is 5.75 Å². The first-order valence-corrected chi connectivity index (χ1v) is 12.7. The molecule has 36 heavy (non-hydrogen) atoms. The summed E-state index contributed by atoms with van der Waals surface area (Å²) in [6, 6.07) is 22.1. The van der Waals surface area contributed by atoms with Crippen molar-refractivity contribution in [2.45, 2.75) is 26.3 Å². The zero-order chi connectivity index (χ0) is 25.0.